The molecule has 0 amide bonds. The number of fused-ring (bicyclic) bond motifs is 2. The molecule has 1 heterocycles. The van der Waals surface area contributed by atoms with Gasteiger partial charge in [-0.05, 0) is 103 Å². The summed E-state index contributed by atoms with van der Waals surface area (Å²) in [6.45, 7) is 1.89. The zero-order chi connectivity index (χ0) is 31.6. The van der Waals surface area contributed by atoms with Crippen molar-refractivity contribution in [2.45, 2.75) is 28.4 Å². The smallest absolute Gasteiger partial charge is 0.748 e. The van der Waals surface area contributed by atoms with Gasteiger partial charge >= 0.3 is 29.6 Å². The molecule has 1 atom stereocenters. The minimum absolute atomic E-state index is 0. The van der Waals surface area contributed by atoms with Crippen LogP contribution < -0.4 is 48.8 Å². The molecule has 5 aromatic rings. The van der Waals surface area contributed by atoms with Crippen molar-refractivity contribution in [1.82, 2.24) is 0 Å². The molecule has 5 aromatic carbocycles. The average Bonchev–Trinajstić information content (AvgIpc) is 3.07. The number of rotatable bonds is 10. The summed E-state index contributed by atoms with van der Waals surface area (Å²) < 4.78 is 45.7. The molecule has 0 N–H and O–H groups in total. The van der Waals surface area contributed by atoms with E-state index in [2.05, 4.69) is 52.3 Å². The summed E-state index contributed by atoms with van der Waals surface area (Å²) in [4.78, 5) is 6.48. The minimum Gasteiger partial charge on any atom is -0.748 e. The first kappa shape index (κ1) is 33.9. The fourth-order valence-electron chi connectivity index (χ4n) is 5.47. The van der Waals surface area contributed by atoms with Gasteiger partial charge in [0.15, 0.2) is 0 Å². The standard InChI is InChI=1S/C36H34N2O5S2.Na/c1-25(45(39,40)41)23-24-37-33-8-4-5-10-35(33)44-36-32(7-6-9-34(36)37)26-11-13-27(14-12-26)38(28-15-19-30(42-2)20-16-28)29-17-21-31(43-3)22-18-29;/h4-22,25H,23-24H2,1-3H3,(H,39,40,41);/q;+1/p-1. The Kier molecular flexibility index (Phi) is 10.7. The summed E-state index contributed by atoms with van der Waals surface area (Å²) in [7, 11) is -1.05. The molecule has 10 heteroatoms. The second kappa shape index (κ2) is 14.5. The van der Waals surface area contributed by atoms with Crippen molar-refractivity contribution in [2.75, 3.05) is 30.6 Å². The van der Waals surface area contributed by atoms with Gasteiger partial charge < -0.3 is 23.8 Å². The molecule has 1 unspecified atom stereocenters. The molecule has 0 aliphatic carbocycles. The fraction of sp³-hybridized carbons (Fsp3) is 0.167. The Morgan fingerprint density at radius 1 is 0.739 bits per heavy atom. The van der Waals surface area contributed by atoms with Gasteiger partial charge in [0.2, 0.25) is 0 Å². The SMILES string of the molecule is COc1ccc(N(c2ccc(OC)cc2)c2ccc(-c3cccc4c3Sc3ccccc3N4CCC(C)S(=O)(=O)[O-])cc2)cc1.[Na+]. The van der Waals surface area contributed by atoms with Crippen LogP contribution in [0, 0.1) is 0 Å². The Bertz CT molecular complexity index is 1850. The molecule has 0 bridgehead atoms. The van der Waals surface area contributed by atoms with Crippen LogP contribution in [0.5, 0.6) is 11.5 Å². The van der Waals surface area contributed by atoms with Crippen molar-refractivity contribution in [1.29, 1.82) is 0 Å². The number of benzene rings is 5. The topological polar surface area (TPSA) is 82.1 Å². The zero-order valence-electron chi connectivity index (χ0n) is 26.2. The van der Waals surface area contributed by atoms with Crippen molar-refractivity contribution < 1.29 is 52.0 Å². The Morgan fingerprint density at radius 3 is 1.80 bits per heavy atom. The summed E-state index contributed by atoms with van der Waals surface area (Å²) in [5, 5.41) is -0.974. The normalized spacial score (nSPS) is 12.7. The van der Waals surface area contributed by atoms with Gasteiger partial charge in [-0.25, -0.2) is 8.42 Å². The van der Waals surface area contributed by atoms with Gasteiger partial charge in [-0.3, -0.25) is 0 Å². The van der Waals surface area contributed by atoms with E-state index in [0.717, 1.165) is 60.9 Å². The van der Waals surface area contributed by atoms with Crippen molar-refractivity contribution in [2.24, 2.45) is 0 Å². The molecule has 0 radical (unpaired) electrons. The monoisotopic (exact) mass is 660 g/mol. The van der Waals surface area contributed by atoms with Crippen LogP contribution >= 0.6 is 11.8 Å². The summed E-state index contributed by atoms with van der Waals surface area (Å²) in [6.07, 6.45) is 0.232. The van der Waals surface area contributed by atoms with Crippen LogP contribution in [0.15, 0.2) is 125 Å². The number of para-hydroxylation sites is 1. The molecule has 0 saturated heterocycles. The molecule has 1 aliphatic rings. The third kappa shape index (κ3) is 7.10. The molecule has 230 valence electrons. The molecule has 46 heavy (non-hydrogen) atoms. The van der Waals surface area contributed by atoms with Crippen LogP contribution in [-0.4, -0.2) is 39.0 Å². The fourth-order valence-corrected chi connectivity index (χ4v) is 7.10. The van der Waals surface area contributed by atoms with Gasteiger partial charge in [0, 0.05) is 38.6 Å². The molecule has 7 nitrogen and oxygen atoms in total. The maximum absolute atomic E-state index is 11.7. The van der Waals surface area contributed by atoms with E-state index in [0.29, 0.717) is 6.54 Å². The van der Waals surface area contributed by atoms with Crippen LogP contribution in [0.3, 0.4) is 0 Å². The van der Waals surface area contributed by atoms with E-state index in [9.17, 15) is 13.0 Å². The van der Waals surface area contributed by atoms with Gasteiger partial charge in [-0.2, -0.15) is 0 Å². The molecule has 0 fully saturated rings. The van der Waals surface area contributed by atoms with E-state index in [1.807, 2.05) is 72.8 Å². The second-order valence-electron chi connectivity index (χ2n) is 10.7. The predicted octanol–water partition coefficient (Wildman–Crippen LogP) is 5.77. The predicted molar refractivity (Wildman–Crippen MR) is 181 cm³/mol. The number of methoxy groups -OCH3 is 2. The van der Waals surface area contributed by atoms with Crippen molar-refractivity contribution in [3.8, 4) is 22.6 Å². The first-order valence-electron chi connectivity index (χ1n) is 14.6. The molecule has 0 saturated carbocycles. The first-order valence-corrected chi connectivity index (χ1v) is 16.9. The van der Waals surface area contributed by atoms with Gasteiger partial charge in [0.05, 0.1) is 35.7 Å². The summed E-state index contributed by atoms with van der Waals surface area (Å²) in [6, 6.07) is 38.7. The van der Waals surface area contributed by atoms with Crippen molar-refractivity contribution in [3.05, 3.63) is 115 Å². The van der Waals surface area contributed by atoms with E-state index >= 15 is 0 Å². The third-order valence-corrected chi connectivity index (χ3v) is 10.4. The van der Waals surface area contributed by atoms with Crippen LogP contribution in [0.1, 0.15) is 13.3 Å². The molecular formula is C36H33N2NaO5S2. The molecule has 0 aromatic heterocycles. The maximum Gasteiger partial charge on any atom is 1.00 e. The molecule has 1 aliphatic heterocycles. The quantitative estimate of drug-likeness (QED) is 0.138. The van der Waals surface area contributed by atoms with Gasteiger partial charge in [0.25, 0.3) is 0 Å². The maximum atomic E-state index is 11.7. The minimum atomic E-state index is -4.37. The van der Waals surface area contributed by atoms with Gasteiger partial charge in [-0.15, -0.1) is 0 Å². The van der Waals surface area contributed by atoms with Crippen LogP contribution in [0.25, 0.3) is 11.1 Å². The van der Waals surface area contributed by atoms with Crippen LogP contribution in [-0.2, 0) is 10.1 Å². The van der Waals surface area contributed by atoms with Crippen LogP contribution in [0.2, 0.25) is 0 Å². The Hall–Kier alpha value is -3.44. The number of nitrogens with zero attached hydrogens (tertiary/aromatic N) is 2. The van der Waals surface area contributed by atoms with E-state index in [1.54, 1.807) is 26.0 Å². The second-order valence-corrected chi connectivity index (χ2v) is 13.6. The van der Waals surface area contributed by atoms with E-state index in [4.69, 9.17) is 9.47 Å². The number of hydrogen-bond donors (Lipinski definition) is 0. The van der Waals surface area contributed by atoms with E-state index in [-0.39, 0.29) is 36.0 Å². The molecular weight excluding hydrogens is 628 g/mol. The number of ether oxygens (including phenoxy) is 2. The molecule has 0 spiro atoms. The Balaban J connectivity index is 0.00000417. The van der Waals surface area contributed by atoms with Crippen LogP contribution in [0.4, 0.5) is 28.4 Å². The number of hydrogen-bond acceptors (Lipinski definition) is 8. The zero-order valence-corrected chi connectivity index (χ0v) is 29.8. The van der Waals surface area contributed by atoms with Gasteiger partial charge in [0.1, 0.15) is 11.5 Å². The van der Waals surface area contributed by atoms with Gasteiger partial charge in [-0.1, -0.05) is 48.2 Å². The summed E-state index contributed by atoms with van der Waals surface area (Å²) in [5.41, 5.74) is 7.11. The largest absolute Gasteiger partial charge is 1.00 e. The first-order chi connectivity index (χ1) is 21.8. The average molecular weight is 661 g/mol. The Labute approximate surface area is 297 Å². The van der Waals surface area contributed by atoms with Crippen molar-refractivity contribution in [3.63, 3.8) is 0 Å². The summed E-state index contributed by atoms with van der Waals surface area (Å²) in [5.74, 6) is 1.57. The van der Waals surface area contributed by atoms with E-state index in [1.165, 1.54) is 6.92 Å². The Morgan fingerprint density at radius 2 is 1.26 bits per heavy atom. The summed E-state index contributed by atoms with van der Waals surface area (Å²) >= 11 is 1.70. The third-order valence-electron chi connectivity index (χ3n) is 8.00. The molecule has 6 rings (SSSR count). The number of anilines is 5. The van der Waals surface area contributed by atoms with E-state index < -0.39 is 15.4 Å². The van der Waals surface area contributed by atoms with Crippen molar-refractivity contribution >= 4 is 50.3 Å².